The van der Waals surface area contributed by atoms with Gasteiger partial charge in [-0.15, -0.1) is 0 Å². The van der Waals surface area contributed by atoms with Crippen LogP contribution in [0.1, 0.15) is 36.0 Å². The van der Waals surface area contributed by atoms with Crippen LogP contribution in [-0.4, -0.2) is 39.6 Å². The predicted octanol–water partition coefficient (Wildman–Crippen LogP) is 3.12. The van der Waals surface area contributed by atoms with E-state index in [1.54, 1.807) is 17.1 Å². The van der Waals surface area contributed by atoms with Crippen LogP contribution in [0.3, 0.4) is 0 Å². The number of amides is 1. The number of nitrogens with zero attached hydrogens (tertiary/aromatic N) is 3. The molecule has 1 saturated carbocycles. The standard InChI is InChI=1S/C22H22N4O4/c27-22(18-3-1-2-4-19(18)26-13-23-12-24-26)25-15-5-7-16(8-6-15)30-17-9-10-20-21(11-17)29-14-28-20/h1-4,9-13,15-16H,5-8,14H2,(H,25,27). The Morgan fingerprint density at radius 3 is 2.73 bits per heavy atom. The summed E-state index contributed by atoms with van der Waals surface area (Å²) in [5, 5.41) is 7.30. The maximum Gasteiger partial charge on any atom is 0.253 e. The number of aromatic nitrogens is 3. The van der Waals surface area contributed by atoms with Gasteiger partial charge in [0, 0.05) is 12.1 Å². The van der Waals surface area contributed by atoms with E-state index in [2.05, 4.69) is 15.4 Å². The van der Waals surface area contributed by atoms with Crippen molar-refractivity contribution in [3.05, 3.63) is 60.7 Å². The third kappa shape index (κ3) is 3.80. The normalized spacial score (nSPS) is 20.0. The van der Waals surface area contributed by atoms with Gasteiger partial charge in [-0.25, -0.2) is 9.67 Å². The Morgan fingerprint density at radius 1 is 1.07 bits per heavy atom. The van der Waals surface area contributed by atoms with Gasteiger partial charge in [0.2, 0.25) is 6.79 Å². The van der Waals surface area contributed by atoms with E-state index in [0.717, 1.165) is 42.9 Å². The number of para-hydroxylation sites is 1. The zero-order chi connectivity index (χ0) is 20.3. The third-order valence-electron chi connectivity index (χ3n) is 5.47. The van der Waals surface area contributed by atoms with Crippen LogP contribution in [-0.2, 0) is 0 Å². The third-order valence-corrected chi connectivity index (χ3v) is 5.47. The largest absolute Gasteiger partial charge is 0.490 e. The van der Waals surface area contributed by atoms with Crippen molar-refractivity contribution in [2.75, 3.05) is 6.79 Å². The molecule has 1 aliphatic heterocycles. The lowest BCUT2D eigenvalue weighted by atomic mass is 9.92. The molecular formula is C22H22N4O4. The van der Waals surface area contributed by atoms with Crippen molar-refractivity contribution in [3.63, 3.8) is 0 Å². The van der Waals surface area contributed by atoms with Gasteiger partial charge in [-0.1, -0.05) is 12.1 Å². The number of rotatable bonds is 5. The maximum atomic E-state index is 12.9. The quantitative estimate of drug-likeness (QED) is 0.701. The molecule has 0 unspecified atom stereocenters. The lowest BCUT2D eigenvalue weighted by Gasteiger charge is -2.29. The topological polar surface area (TPSA) is 87.5 Å². The molecule has 8 nitrogen and oxygen atoms in total. The first-order chi connectivity index (χ1) is 14.8. The first kappa shape index (κ1) is 18.5. The van der Waals surface area contributed by atoms with Gasteiger partial charge in [0.15, 0.2) is 11.5 Å². The fraction of sp³-hybridized carbons (Fsp3) is 0.318. The summed E-state index contributed by atoms with van der Waals surface area (Å²) in [6.07, 6.45) is 6.66. The van der Waals surface area contributed by atoms with Crippen molar-refractivity contribution in [1.82, 2.24) is 20.1 Å². The first-order valence-corrected chi connectivity index (χ1v) is 10.1. The highest BCUT2D eigenvalue weighted by Gasteiger charge is 2.25. The number of benzene rings is 2. The van der Waals surface area contributed by atoms with Gasteiger partial charge in [0.25, 0.3) is 5.91 Å². The Balaban J connectivity index is 1.17. The molecule has 1 amide bonds. The van der Waals surface area contributed by atoms with Gasteiger partial charge in [-0.05, 0) is 49.9 Å². The van der Waals surface area contributed by atoms with Crippen LogP contribution in [0, 0.1) is 0 Å². The van der Waals surface area contributed by atoms with Crippen LogP contribution in [0.5, 0.6) is 17.2 Å². The molecule has 2 heterocycles. The van der Waals surface area contributed by atoms with E-state index < -0.39 is 0 Å². The van der Waals surface area contributed by atoms with Crippen LogP contribution in [0.25, 0.3) is 5.69 Å². The minimum absolute atomic E-state index is 0.0961. The van der Waals surface area contributed by atoms with E-state index >= 15 is 0 Å². The van der Waals surface area contributed by atoms with Gasteiger partial charge in [-0.3, -0.25) is 4.79 Å². The van der Waals surface area contributed by atoms with Gasteiger partial charge in [0.1, 0.15) is 18.4 Å². The Morgan fingerprint density at radius 2 is 1.90 bits per heavy atom. The molecule has 0 spiro atoms. The smallest absolute Gasteiger partial charge is 0.253 e. The van der Waals surface area contributed by atoms with Crippen LogP contribution in [0.15, 0.2) is 55.1 Å². The molecule has 1 fully saturated rings. The van der Waals surface area contributed by atoms with E-state index in [-0.39, 0.29) is 24.8 Å². The predicted molar refractivity (Wildman–Crippen MR) is 108 cm³/mol. The molecule has 30 heavy (non-hydrogen) atoms. The second-order valence-corrected chi connectivity index (χ2v) is 7.44. The molecule has 0 bridgehead atoms. The molecule has 0 radical (unpaired) electrons. The summed E-state index contributed by atoms with van der Waals surface area (Å²) in [7, 11) is 0. The van der Waals surface area contributed by atoms with Crippen molar-refractivity contribution >= 4 is 5.91 Å². The second kappa shape index (κ2) is 8.06. The monoisotopic (exact) mass is 406 g/mol. The molecule has 8 heteroatoms. The maximum absolute atomic E-state index is 12.9. The van der Waals surface area contributed by atoms with Crippen LogP contribution < -0.4 is 19.5 Å². The fourth-order valence-electron chi connectivity index (χ4n) is 3.93. The number of ether oxygens (including phenoxy) is 3. The van der Waals surface area contributed by atoms with Gasteiger partial charge < -0.3 is 19.5 Å². The molecule has 2 aliphatic rings. The SMILES string of the molecule is O=C(NC1CCC(Oc2ccc3c(c2)OCO3)CC1)c1ccccc1-n1cncn1. The highest BCUT2D eigenvalue weighted by molar-refractivity contribution is 5.97. The van der Waals surface area contributed by atoms with Crippen molar-refractivity contribution in [3.8, 4) is 22.9 Å². The summed E-state index contributed by atoms with van der Waals surface area (Å²) in [6.45, 7) is 0.254. The summed E-state index contributed by atoms with van der Waals surface area (Å²) >= 11 is 0. The molecule has 0 saturated heterocycles. The highest BCUT2D eigenvalue weighted by Crippen LogP contribution is 2.36. The summed E-state index contributed by atoms with van der Waals surface area (Å²) in [6, 6.07) is 13.2. The Hall–Kier alpha value is -3.55. The summed E-state index contributed by atoms with van der Waals surface area (Å²) < 4.78 is 18.5. The van der Waals surface area contributed by atoms with Gasteiger partial charge >= 0.3 is 0 Å². The zero-order valence-electron chi connectivity index (χ0n) is 16.4. The van der Waals surface area contributed by atoms with Gasteiger partial charge in [-0.2, -0.15) is 5.10 Å². The average Bonchev–Trinajstić information content (AvgIpc) is 3.47. The van der Waals surface area contributed by atoms with Crippen molar-refractivity contribution in [2.24, 2.45) is 0 Å². The summed E-state index contributed by atoms with van der Waals surface area (Å²) in [5.41, 5.74) is 1.30. The molecule has 0 atom stereocenters. The molecule has 154 valence electrons. The van der Waals surface area contributed by atoms with Crippen molar-refractivity contribution in [2.45, 2.75) is 37.8 Å². The molecular weight excluding hydrogens is 384 g/mol. The van der Waals surface area contributed by atoms with E-state index in [0.29, 0.717) is 11.3 Å². The van der Waals surface area contributed by atoms with Crippen LogP contribution in [0.2, 0.25) is 0 Å². The van der Waals surface area contributed by atoms with Crippen LogP contribution >= 0.6 is 0 Å². The molecule has 1 N–H and O–H groups in total. The van der Waals surface area contributed by atoms with Crippen molar-refractivity contribution in [1.29, 1.82) is 0 Å². The minimum Gasteiger partial charge on any atom is -0.490 e. The number of hydrogen-bond acceptors (Lipinski definition) is 6. The Kier molecular flexibility index (Phi) is 4.96. The fourth-order valence-corrected chi connectivity index (χ4v) is 3.93. The number of carbonyl (C=O) groups is 1. The Labute approximate surface area is 173 Å². The average molecular weight is 406 g/mol. The molecule has 3 aromatic rings. The summed E-state index contributed by atoms with van der Waals surface area (Å²) in [5.74, 6) is 2.16. The second-order valence-electron chi connectivity index (χ2n) is 7.44. The molecule has 5 rings (SSSR count). The van der Waals surface area contributed by atoms with E-state index in [1.807, 2.05) is 36.4 Å². The van der Waals surface area contributed by atoms with E-state index in [9.17, 15) is 4.79 Å². The lowest BCUT2D eigenvalue weighted by molar-refractivity contribution is 0.0893. The van der Waals surface area contributed by atoms with Crippen molar-refractivity contribution < 1.29 is 19.0 Å². The lowest BCUT2D eigenvalue weighted by Crippen LogP contribution is -2.40. The highest BCUT2D eigenvalue weighted by atomic mass is 16.7. The molecule has 1 aromatic heterocycles. The number of hydrogen-bond donors (Lipinski definition) is 1. The number of nitrogens with one attached hydrogen (secondary N) is 1. The zero-order valence-corrected chi connectivity index (χ0v) is 16.4. The van der Waals surface area contributed by atoms with Crippen LogP contribution in [0.4, 0.5) is 0 Å². The van der Waals surface area contributed by atoms with E-state index in [1.165, 1.54) is 6.33 Å². The molecule has 1 aliphatic carbocycles. The summed E-state index contributed by atoms with van der Waals surface area (Å²) in [4.78, 5) is 16.8. The minimum atomic E-state index is -0.0961. The van der Waals surface area contributed by atoms with E-state index in [4.69, 9.17) is 14.2 Å². The Bertz CT molecular complexity index is 1030. The first-order valence-electron chi connectivity index (χ1n) is 10.1. The number of carbonyl (C=O) groups excluding carboxylic acids is 1. The number of fused-ring (bicyclic) bond motifs is 1. The molecule has 2 aromatic carbocycles. The van der Waals surface area contributed by atoms with Gasteiger partial charge in [0.05, 0.1) is 17.4 Å².